The number of aromatic nitrogens is 3. The Hall–Kier alpha value is -3.50. The van der Waals surface area contributed by atoms with E-state index in [2.05, 4.69) is 15.4 Å². The molecule has 4 rings (SSSR count). The molecular weight excluding hydrogens is 453 g/mol. The summed E-state index contributed by atoms with van der Waals surface area (Å²) in [4.78, 5) is 17.1. The zero-order valence-electron chi connectivity index (χ0n) is 17.5. The minimum atomic E-state index is -4.78. The normalized spacial score (nSPS) is 11.5. The molecule has 0 fully saturated rings. The molecule has 0 aliphatic rings. The largest absolute Gasteiger partial charge is 0.434 e. The van der Waals surface area contributed by atoms with Gasteiger partial charge in [0, 0.05) is 18.1 Å². The Labute approximate surface area is 191 Å². The van der Waals surface area contributed by atoms with Crippen LogP contribution in [-0.2, 0) is 17.3 Å². The van der Waals surface area contributed by atoms with Crippen LogP contribution in [0.4, 0.5) is 18.3 Å². The first kappa shape index (κ1) is 22.7. The zero-order valence-corrected chi connectivity index (χ0v) is 18.3. The number of amides is 1. The molecule has 1 amide bonds. The molecule has 0 saturated heterocycles. The number of carbonyl (C=O) groups is 1. The first-order valence-electron chi connectivity index (χ1n) is 9.92. The molecule has 33 heavy (non-hydrogen) atoms. The summed E-state index contributed by atoms with van der Waals surface area (Å²) in [6.45, 7) is 0.618. The number of ether oxygens (including phenoxy) is 1. The first-order chi connectivity index (χ1) is 15.9. The summed E-state index contributed by atoms with van der Waals surface area (Å²) in [6.07, 6.45) is -3.08. The van der Waals surface area contributed by atoms with Crippen molar-refractivity contribution >= 4 is 22.4 Å². The van der Waals surface area contributed by atoms with Gasteiger partial charge in [-0.25, -0.2) is 9.67 Å². The van der Waals surface area contributed by atoms with Gasteiger partial charge in [0.15, 0.2) is 10.8 Å². The van der Waals surface area contributed by atoms with Crippen molar-refractivity contribution in [2.24, 2.45) is 0 Å². The molecule has 2 heterocycles. The zero-order chi connectivity index (χ0) is 23.4. The third-order valence-electron chi connectivity index (χ3n) is 4.85. The van der Waals surface area contributed by atoms with Crippen LogP contribution in [0.5, 0.6) is 0 Å². The van der Waals surface area contributed by atoms with Crippen molar-refractivity contribution in [3.8, 4) is 16.9 Å². The van der Waals surface area contributed by atoms with E-state index in [1.807, 2.05) is 24.3 Å². The number of carbonyl (C=O) groups excluding carboxylic acids is 1. The average molecular weight is 472 g/mol. The number of hydrogen-bond donors (Lipinski definition) is 1. The number of thiazole rings is 1. The number of benzene rings is 2. The van der Waals surface area contributed by atoms with E-state index >= 15 is 0 Å². The number of anilines is 1. The summed E-state index contributed by atoms with van der Waals surface area (Å²) in [5.41, 5.74) is 1.04. The second-order valence-corrected chi connectivity index (χ2v) is 7.94. The maximum Gasteiger partial charge on any atom is 0.434 e. The van der Waals surface area contributed by atoms with Crippen molar-refractivity contribution in [2.75, 3.05) is 19.0 Å². The van der Waals surface area contributed by atoms with Gasteiger partial charge in [0.2, 0.25) is 0 Å². The summed E-state index contributed by atoms with van der Waals surface area (Å²) in [6, 6.07) is 15.6. The lowest BCUT2D eigenvalue weighted by Crippen LogP contribution is -2.20. The maximum absolute atomic E-state index is 13.8. The van der Waals surface area contributed by atoms with E-state index < -0.39 is 23.3 Å². The van der Waals surface area contributed by atoms with Crippen LogP contribution in [0.25, 0.3) is 16.9 Å². The van der Waals surface area contributed by atoms with Crippen LogP contribution in [0.2, 0.25) is 0 Å². The molecule has 4 aromatic rings. The standard InChI is InChI=1S/C23H19F3N4O2S/c1-32-12-11-15-7-9-16(10-8-15)19-14-33-22(28-19)29-21(31)18-13-27-30(20(18)23(24,25)26)17-5-3-2-4-6-17/h2-10,13-14H,11-12H2,1H3,(H,28,29,31). The van der Waals surface area contributed by atoms with Crippen LogP contribution in [0.1, 0.15) is 21.6 Å². The predicted octanol–water partition coefficient (Wildman–Crippen LogP) is 5.46. The highest BCUT2D eigenvalue weighted by atomic mass is 32.1. The number of rotatable bonds is 7. The van der Waals surface area contributed by atoms with Gasteiger partial charge in [0.05, 0.1) is 29.7 Å². The Morgan fingerprint density at radius 1 is 1.12 bits per heavy atom. The van der Waals surface area contributed by atoms with E-state index in [-0.39, 0.29) is 10.8 Å². The van der Waals surface area contributed by atoms with Crippen molar-refractivity contribution in [1.82, 2.24) is 14.8 Å². The average Bonchev–Trinajstić information content (AvgIpc) is 3.46. The van der Waals surface area contributed by atoms with Crippen molar-refractivity contribution in [3.63, 3.8) is 0 Å². The van der Waals surface area contributed by atoms with Crippen LogP contribution in [0.3, 0.4) is 0 Å². The fourth-order valence-corrected chi connectivity index (χ4v) is 3.96. The second-order valence-electron chi connectivity index (χ2n) is 7.08. The smallest absolute Gasteiger partial charge is 0.384 e. The molecule has 170 valence electrons. The highest BCUT2D eigenvalue weighted by molar-refractivity contribution is 7.14. The summed E-state index contributed by atoms with van der Waals surface area (Å²) in [7, 11) is 1.64. The quantitative estimate of drug-likeness (QED) is 0.388. The van der Waals surface area contributed by atoms with Crippen LogP contribution in [0, 0.1) is 0 Å². The third kappa shape index (κ3) is 5.12. The highest BCUT2D eigenvalue weighted by Gasteiger charge is 2.40. The summed E-state index contributed by atoms with van der Waals surface area (Å²) >= 11 is 1.13. The number of para-hydroxylation sites is 1. The molecular formula is C23H19F3N4O2S. The molecule has 2 aromatic carbocycles. The van der Waals surface area contributed by atoms with Crippen LogP contribution in [0.15, 0.2) is 66.2 Å². The maximum atomic E-state index is 13.8. The monoisotopic (exact) mass is 472 g/mol. The molecule has 0 unspecified atom stereocenters. The van der Waals surface area contributed by atoms with Gasteiger partial charge in [0.25, 0.3) is 5.91 Å². The molecule has 1 N–H and O–H groups in total. The molecule has 0 spiro atoms. The number of hydrogen-bond acceptors (Lipinski definition) is 5. The van der Waals surface area contributed by atoms with Gasteiger partial charge in [-0.15, -0.1) is 11.3 Å². The van der Waals surface area contributed by atoms with Crippen LogP contribution in [-0.4, -0.2) is 34.4 Å². The Morgan fingerprint density at radius 2 is 1.85 bits per heavy atom. The third-order valence-corrected chi connectivity index (χ3v) is 5.61. The lowest BCUT2D eigenvalue weighted by Gasteiger charge is -2.12. The minimum Gasteiger partial charge on any atom is -0.384 e. The van der Waals surface area contributed by atoms with Gasteiger partial charge in [-0.05, 0) is 24.1 Å². The molecule has 0 saturated carbocycles. The van der Waals surface area contributed by atoms with Crippen molar-refractivity contribution in [2.45, 2.75) is 12.6 Å². The summed E-state index contributed by atoms with van der Waals surface area (Å²) < 4.78 is 47.2. The predicted molar refractivity (Wildman–Crippen MR) is 120 cm³/mol. The van der Waals surface area contributed by atoms with Crippen molar-refractivity contribution < 1.29 is 22.7 Å². The molecule has 0 bridgehead atoms. The van der Waals surface area contributed by atoms with E-state index in [0.717, 1.165) is 35.1 Å². The number of alkyl halides is 3. The summed E-state index contributed by atoms with van der Waals surface area (Å²) in [5, 5.41) is 8.20. The Morgan fingerprint density at radius 3 is 2.52 bits per heavy atom. The number of nitrogens with zero attached hydrogens (tertiary/aromatic N) is 3. The molecule has 2 aromatic heterocycles. The van der Waals surface area contributed by atoms with E-state index in [4.69, 9.17) is 4.74 Å². The molecule has 0 aliphatic carbocycles. The lowest BCUT2D eigenvalue weighted by atomic mass is 10.1. The topological polar surface area (TPSA) is 69.0 Å². The highest BCUT2D eigenvalue weighted by Crippen LogP contribution is 2.34. The van der Waals surface area contributed by atoms with Crippen molar-refractivity contribution in [3.05, 3.63) is 83.0 Å². The molecule has 0 aliphatic heterocycles. The van der Waals surface area contributed by atoms with Crippen LogP contribution < -0.4 is 5.32 Å². The fraction of sp³-hybridized carbons (Fsp3) is 0.174. The van der Waals surface area contributed by atoms with E-state index in [1.54, 1.807) is 30.7 Å². The number of methoxy groups -OCH3 is 1. The molecule has 10 heteroatoms. The number of nitrogens with one attached hydrogen (secondary N) is 1. The second kappa shape index (κ2) is 9.55. The van der Waals surface area contributed by atoms with E-state index in [1.165, 1.54) is 12.1 Å². The summed E-state index contributed by atoms with van der Waals surface area (Å²) in [5.74, 6) is -0.930. The lowest BCUT2D eigenvalue weighted by molar-refractivity contribution is -0.143. The minimum absolute atomic E-state index is 0.194. The number of halogens is 3. The van der Waals surface area contributed by atoms with Gasteiger partial charge < -0.3 is 4.74 Å². The molecule has 6 nitrogen and oxygen atoms in total. The van der Waals surface area contributed by atoms with Crippen LogP contribution >= 0.6 is 11.3 Å². The Kier molecular flexibility index (Phi) is 6.57. The van der Waals surface area contributed by atoms with Gasteiger partial charge in [-0.2, -0.15) is 18.3 Å². The molecule has 0 radical (unpaired) electrons. The SMILES string of the molecule is COCCc1ccc(-c2csc(NC(=O)c3cnn(-c4ccccc4)c3C(F)(F)F)n2)cc1. The van der Waals surface area contributed by atoms with Crippen molar-refractivity contribution in [1.29, 1.82) is 0 Å². The van der Waals surface area contributed by atoms with E-state index in [9.17, 15) is 18.0 Å². The van der Waals surface area contributed by atoms with E-state index in [0.29, 0.717) is 17.0 Å². The fourth-order valence-electron chi connectivity index (χ4n) is 3.24. The van der Waals surface area contributed by atoms with Gasteiger partial charge >= 0.3 is 6.18 Å². The first-order valence-corrected chi connectivity index (χ1v) is 10.8. The van der Waals surface area contributed by atoms with Gasteiger partial charge in [-0.3, -0.25) is 10.1 Å². The Balaban J connectivity index is 1.55. The Bertz CT molecular complexity index is 1230. The van der Waals surface area contributed by atoms with Gasteiger partial charge in [0.1, 0.15) is 0 Å². The van der Waals surface area contributed by atoms with Gasteiger partial charge in [-0.1, -0.05) is 42.5 Å². The molecule has 0 atom stereocenters.